The number of unbranched alkanes of at least 4 members (excludes halogenated alkanes) is 1. The molecule has 0 aliphatic carbocycles. The van der Waals surface area contributed by atoms with Gasteiger partial charge in [-0.3, -0.25) is 0 Å². The molecule has 1 aliphatic rings. The van der Waals surface area contributed by atoms with Crippen LogP contribution in [0.2, 0.25) is 0 Å². The molecule has 0 saturated carbocycles. The van der Waals surface area contributed by atoms with Crippen molar-refractivity contribution in [3.8, 4) is 5.75 Å². The lowest BCUT2D eigenvalue weighted by Crippen LogP contribution is -2.15. The second-order valence-electron chi connectivity index (χ2n) is 5.02. The van der Waals surface area contributed by atoms with Crippen LogP contribution < -0.4 is 4.74 Å². The number of benzene rings is 1. The van der Waals surface area contributed by atoms with E-state index >= 15 is 0 Å². The van der Waals surface area contributed by atoms with Crippen LogP contribution in [0.25, 0.3) is 0 Å². The van der Waals surface area contributed by atoms with E-state index in [1.165, 1.54) is 5.56 Å². The number of aryl methyl sites for hydroxylation is 1. The molecule has 1 heterocycles. The highest BCUT2D eigenvalue weighted by atomic mass is 28.2. The Hall–Kier alpha value is -0.883. The first-order valence-corrected chi connectivity index (χ1v) is 8.08. The van der Waals surface area contributed by atoms with Gasteiger partial charge >= 0.3 is 0 Å². The largest absolute Gasteiger partial charge is 0.466 e. The maximum Gasteiger partial charge on any atom is 0.187 e. The van der Waals surface area contributed by atoms with Gasteiger partial charge in [-0.25, -0.2) is 0 Å². The van der Waals surface area contributed by atoms with Crippen LogP contribution in [0.4, 0.5) is 0 Å². The lowest BCUT2D eigenvalue weighted by Gasteiger charge is -2.16. The summed E-state index contributed by atoms with van der Waals surface area (Å²) < 4.78 is 21.7. The monoisotopic (exact) mass is 296 g/mol. The Morgan fingerprint density at radius 1 is 1.35 bits per heavy atom. The lowest BCUT2D eigenvalue weighted by molar-refractivity contribution is 0.0288. The van der Waals surface area contributed by atoms with Crippen LogP contribution in [-0.2, 0) is 20.3 Å². The van der Waals surface area contributed by atoms with Gasteiger partial charge < -0.3 is 18.6 Å². The Labute approximate surface area is 123 Å². The fourth-order valence-electron chi connectivity index (χ4n) is 1.95. The zero-order valence-electron chi connectivity index (χ0n) is 12.3. The summed E-state index contributed by atoms with van der Waals surface area (Å²) in [7, 11) is 0.687. The summed E-state index contributed by atoms with van der Waals surface area (Å²) >= 11 is 0. The molecular formula is C15H24O4Si. The van der Waals surface area contributed by atoms with Crippen LogP contribution in [-0.4, -0.2) is 42.7 Å². The van der Waals surface area contributed by atoms with Crippen molar-refractivity contribution in [2.24, 2.45) is 0 Å². The first-order valence-electron chi connectivity index (χ1n) is 7.26. The van der Waals surface area contributed by atoms with E-state index in [1.807, 2.05) is 19.1 Å². The summed E-state index contributed by atoms with van der Waals surface area (Å²) in [5, 5.41) is 0. The lowest BCUT2D eigenvalue weighted by atomic mass is 10.1. The molecule has 0 bridgehead atoms. The Morgan fingerprint density at radius 3 is 2.90 bits per heavy atom. The molecule has 1 aromatic carbocycles. The molecule has 2 rings (SSSR count). The molecule has 2 unspecified atom stereocenters. The third kappa shape index (κ3) is 5.62. The maximum atomic E-state index is 5.78. The molecule has 1 saturated heterocycles. The summed E-state index contributed by atoms with van der Waals surface area (Å²) in [4.78, 5) is 0. The van der Waals surface area contributed by atoms with Gasteiger partial charge in [-0.05, 0) is 37.8 Å². The quantitative estimate of drug-likeness (QED) is 0.283. The predicted octanol–water partition coefficient (Wildman–Crippen LogP) is 1.45. The molecular weight excluding hydrogens is 272 g/mol. The third-order valence-corrected chi connectivity index (χ3v) is 3.95. The highest BCUT2D eigenvalue weighted by molar-refractivity contribution is 5.98. The van der Waals surface area contributed by atoms with E-state index < -0.39 is 0 Å². The second-order valence-corrected chi connectivity index (χ2v) is 5.49. The van der Waals surface area contributed by atoms with Crippen molar-refractivity contribution < 1.29 is 18.6 Å². The highest BCUT2D eigenvalue weighted by Gasteiger charge is 2.21. The SMILES string of the molecule is CC(O[SiH3])Oc1ccccc1CCCCOCC1CO1. The zero-order valence-corrected chi connectivity index (χ0v) is 14.3. The third-order valence-electron chi connectivity index (χ3n) is 3.29. The van der Waals surface area contributed by atoms with Gasteiger partial charge in [-0.1, -0.05) is 18.2 Å². The number of ether oxygens (including phenoxy) is 3. The van der Waals surface area contributed by atoms with Gasteiger partial charge in [-0.2, -0.15) is 0 Å². The van der Waals surface area contributed by atoms with Crippen LogP contribution in [0.15, 0.2) is 24.3 Å². The number of epoxide rings is 1. The Bertz CT molecular complexity index is 395. The minimum atomic E-state index is -0.162. The number of hydrogen-bond acceptors (Lipinski definition) is 4. The molecule has 0 N–H and O–H groups in total. The molecule has 5 heteroatoms. The summed E-state index contributed by atoms with van der Waals surface area (Å²) in [6, 6.07) is 8.17. The van der Waals surface area contributed by atoms with E-state index in [4.69, 9.17) is 18.6 Å². The minimum Gasteiger partial charge on any atom is -0.466 e. The fraction of sp³-hybridized carbons (Fsp3) is 0.600. The van der Waals surface area contributed by atoms with E-state index in [2.05, 4.69) is 12.1 Å². The van der Waals surface area contributed by atoms with Crippen molar-refractivity contribution in [3.63, 3.8) is 0 Å². The van der Waals surface area contributed by atoms with Gasteiger partial charge in [0.05, 0.1) is 13.2 Å². The molecule has 1 aromatic rings. The van der Waals surface area contributed by atoms with Gasteiger partial charge in [0.25, 0.3) is 0 Å². The minimum absolute atomic E-state index is 0.162. The molecule has 20 heavy (non-hydrogen) atoms. The Balaban J connectivity index is 1.67. The van der Waals surface area contributed by atoms with Crippen molar-refractivity contribution in [2.45, 2.75) is 38.6 Å². The van der Waals surface area contributed by atoms with E-state index in [1.54, 1.807) is 0 Å². The maximum absolute atomic E-state index is 5.78. The van der Waals surface area contributed by atoms with Crippen LogP contribution in [0, 0.1) is 0 Å². The summed E-state index contributed by atoms with van der Waals surface area (Å²) in [6.07, 6.45) is 3.37. The van der Waals surface area contributed by atoms with E-state index in [9.17, 15) is 0 Å². The van der Waals surface area contributed by atoms with Crippen LogP contribution in [0.5, 0.6) is 5.75 Å². The molecule has 0 spiro atoms. The first kappa shape index (κ1) is 15.5. The standard InChI is InChI=1S/C15H24O4Si/c1-12(19-20)18-15-8-3-2-6-13(15)7-4-5-9-16-10-14-11-17-14/h2-3,6,8,12,14H,4-5,7,9-11H2,1,20H3. The molecule has 4 nitrogen and oxygen atoms in total. The van der Waals surface area contributed by atoms with Gasteiger partial charge in [0.15, 0.2) is 16.8 Å². The van der Waals surface area contributed by atoms with Crippen LogP contribution in [0.3, 0.4) is 0 Å². The van der Waals surface area contributed by atoms with Crippen LogP contribution >= 0.6 is 0 Å². The number of rotatable bonds is 10. The molecule has 112 valence electrons. The Morgan fingerprint density at radius 2 is 2.15 bits per heavy atom. The average Bonchev–Trinajstić information content (AvgIpc) is 3.28. The second kappa shape index (κ2) is 8.41. The highest BCUT2D eigenvalue weighted by Crippen LogP contribution is 2.21. The van der Waals surface area contributed by atoms with Crippen molar-refractivity contribution in [2.75, 3.05) is 19.8 Å². The molecule has 0 aromatic heterocycles. The van der Waals surface area contributed by atoms with Crippen molar-refractivity contribution in [3.05, 3.63) is 29.8 Å². The predicted molar refractivity (Wildman–Crippen MR) is 81.1 cm³/mol. The van der Waals surface area contributed by atoms with Crippen LogP contribution in [0.1, 0.15) is 25.3 Å². The molecule has 1 aliphatic heterocycles. The summed E-state index contributed by atoms with van der Waals surface area (Å²) in [5.74, 6) is 0.933. The van der Waals surface area contributed by atoms with Gasteiger partial charge in [0, 0.05) is 6.61 Å². The smallest absolute Gasteiger partial charge is 0.187 e. The number of para-hydroxylation sites is 1. The van der Waals surface area contributed by atoms with E-state index in [0.717, 1.165) is 44.8 Å². The summed E-state index contributed by atoms with van der Waals surface area (Å²) in [5.41, 5.74) is 1.24. The number of hydrogen-bond donors (Lipinski definition) is 0. The molecule has 1 fully saturated rings. The van der Waals surface area contributed by atoms with Crippen molar-refractivity contribution in [1.82, 2.24) is 0 Å². The fourth-order valence-corrected chi connectivity index (χ4v) is 2.05. The normalized spacial score (nSPS) is 18.9. The van der Waals surface area contributed by atoms with E-state index in [0.29, 0.717) is 16.6 Å². The topological polar surface area (TPSA) is 40.2 Å². The zero-order chi connectivity index (χ0) is 14.2. The first-order chi connectivity index (χ1) is 9.79. The van der Waals surface area contributed by atoms with Gasteiger partial charge in [0.2, 0.25) is 0 Å². The molecule has 0 radical (unpaired) electrons. The van der Waals surface area contributed by atoms with Gasteiger partial charge in [-0.15, -0.1) is 0 Å². The summed E-state index contributed by atoms with van der Waals surface area (Å²) in [6.45, 7) is 4.35. The van der Waals surface area contributed by atoms with Gasteiger partial charge in [0.1, 0.15) is 11.9 Å². The van der Waals surface area contributed by atoms with Crippen molar-refractivity contribution in [1.29, 1.82) is 0 Å². The molecule has 2 atom stereocenters. The Kier molecular flexibility index (Phi) is 6.52. The van der Waals surface area contributed by atoms with E-state index in [-0.39, 0.29) is 6.29 Å². The average molecular weight is 296 g/mol. The molecule has 0 amide bonds. The van der Waals surface area contributed by atoms with Crippen molar-refractivity contribution >= 4 is 10.5 Å².